The van der Waals surface area contributed by atoms with E-state index < -0.39 is 0 Å². The standard InChI is InChI=1S/C45H28N4S/c1-3-14-29(15-4-1)43-46-44(30-16-5-2-6-17-30)48-45(47-43)37-27-26-31(32-21-13-22-36-35-20-9-12-25-41(35)50-42(32)36)28-40(37)49-38-23-10-7-18-33(38)34-19-8-11-24-39(34)49/h1-28H/i7D,8D,18D,19D,23D,24D. The summed E-state index contributed by atoms with van der Waals surface area (Å²) in [6.45, 7) is 0. The summed E-state index contributed by atoms with van der Waals surface area (Å²) < 4.78 is 57.7. The van der Waals surface area contributed by atoms with Gasteiger partial charge in [-0.3, -0.25) is 0 Å². The minimum absolute atomic E-state index is 0.0453. The number of thiophene rings is 1. The van der Waals surface area contributed by atoms with E-state index in [1.807, 2.05) is 97.1 Å². The zero-order valence-corrected chi connectivity index (χ0v) is 27.2. The van der Waals surface area contributed by atoms with E-state index in [0.717, 1.165) is 32.3 Å². The molecule has 0 amide bonds. The van der Waals surface area contributed by atoms with Crippen molar-refractivity contribution in [1.29, 1.82) is 0 Å². The van der Waals surface area contributed by atoms with Gasteiger partial charge in [-0.15, -0.1) is 11.3 Å². The summed E-state index contributed by atoms with van der Waals surface area (Å²) >= 11 is 1.71. The first-order chi connectivity index (χ1) is 27.3. The lowest BCUT2D eigenvalue weighted by atomic mass is 9.99. The van der Waals surface area contributed by atoms with Gasteiger partial charge < -0.3 is 4.57 Å². The van der Waals surface area contributed by atoms with Crippen LogP contribution in [0.3, 0.4) is 0 Å². The van der Waals surface area contributed by atoms with Gasteiger partial charge in [-0.2, -0.15) is 0 Å². The van der Waals surface area contributed by atoms with Gasteiger partial charge in [0.05, 0.1) is 24.9 Å². The predicted molar refractivity (Wildman–Crippen MR) is 209 cm³/mol. The minimum Gasteiger partial charge on any atom is -0.308 e. The number of aromatic nitrogens is 4. The maximum Gasteiger partial charge on any atom is 0.166 e. The number of rotatable bonds is 5. The summed E-state index contributed by atoms with van der Waals surface area (Å²) in [6, 6.07) is 41.7. The fraction of sp³-hybridized carbons (Fsp3) is 0. The van der Waals surface area contributed by atoms with Gasteiger partial charge in [0, 0.05) is 47.6 Å². The third kappa shape index (κ3) is 4.63. The molecule has 10 aromatic rings. The summed E-state index contributed by atoms with van der Waals surface area (Å²) in [6.07, 6.45) is 0. The minimum atomic E-state index is -0.177. The van der Waals surface area contributed by atoms with Gasteiger partial charge in [-0.05, 0) is 41.4 Å². The summed E-state index contributed by atoms with van der Waals surface area (Å²) in [5, 5.41) is 2.66. The Morgan fingerprint density at radius 2 is 1.06 bits per heavy atom. The third-order valence-corrected chi connectivity index (χ3v) is 10.2. The predicted octanol–water partition coefficient (Wildman–Crippen LogP) is 12.0. The lowest BCUT2D eigenvalue weighted by molar-refractivity contribution is 1.06. The van der Waals surface area contributed by atoms with Crippen molar-refractivity contribution >= 4 is 53.3 Å². The first-order valence-corrected chi connectivity index (χ1v) is 17.0. The molecule has 3 aromatic heterocycles. The van der Waals surface area contributed by atoms with Crippen LogP contribution in [0.25, 0.3) is 93.0 Å². The first kappa shape index (κ1) is 23.0. The second-order valence-electron chi connectivity index (χ2n) is 11.9. The van der Waals surface area contributed by atoms with Crippen LogP contribution in [-0.4, -0.2) is 19.5 Å². The Kier molecular flexibility index (Phi) is 5.35. The molecule has 0 fully saturated rings. The van der Waals surface area contributed by atoms with Crippen LogP contribution in [0, 0.1) is 0 Å². The number of para-hydroxylation sites is 2. The normalized spacial score (nSPS) is 13.3. The van der Waals surface area contributed by atoms with E-state index in [1.54, 1.807) is 15.9 Å². The number of hydrogen-bond donors (Lipinski definition) is 0. The Bertz CT molecular complexity index is 3090. The molecule has 0 bridgehead atoms. The van der Waals surface area contributed by atoms with E-state index in [0.29, 0.717) is 28.7 Å². The van der Waals surface area contributed by atoms with Crippen molar-refractivity contribution in [3.05, 3.63) is 170 Å². The van der Waals surface area contributed by atoms with Crippen molar-refractivity contribution in [1.82, 2.24) is 19.5 Å². The third-order valence-electron chi connectivity index (χ3n) is 9.02. The molecule has 0 atom stereocenters. The van der Waals surface area contributed by atoms with Crippen molar-refractivity contribution in [3.63, 3.8) is 0 Å². The molecule has 0 spiro atoms. The van der Waals surface area contributed by atoms with E-state index in [4.69, 9.17) is 20.4 Å². The van der Waals surface area contributed by atoms with E-state index >= 15 is 0 Å². The molecule has 0 saturated carbocycles. The molecule has 0 saturated heterocycles. The lowest BCUT2D eigenvalue weighted by Gasteiger charge is -2.16. The summed E-state index contributed by atoms with van der Waals surface area (Å²) in [5.41, 5.74) is 5.04. The second-order valence-corrected chi connectivity index (χ2v) is 13.0. The average molecular weight is 663 g/mol. The van der Waals surface area contributed by atoms with Gasteiger partial charge in [-0.25, -0.2) is 15.0 Å². The van der Waals surface area contributed by atoms with Crippen LogP contribution in [-0.2, 0) is 0 Å². The molecule has 234 valence electrons. The van der Waals surface area contributed by atoms with Crippen molar-refractivity contribution in [3.8, 4) is 51.0 Å². The highest BCUT2D eigenvalue weighted by Crippen LogP contribution is 2.42. The van der Waals surface area contributed by atoms with Crippen LogP contribution in [0.1, 0.15) is 8.22 Å². The van der Waals surface area contributed by atoms with Crippen LogP contribution in [0.15, 0.2) is 170 Å². The average Bonchev–Trinajstić information content (AvgIpc) is 3.80. The molecule has 10 rings (SSSR count). The molecule has 50 heavy (non-hydrogen) atoms. The fourth-order valence-corrected chi connectivity index (χ4v) is 7.97. The molecule has 3 heterocycles. The number of fused-ring (bicyclic) bond motifs is 6. The molecule has 0 unspecified atom stereocenters. The van der Waals surface area contributed by atoms with Crippen LogP contribution < -0.4 is 0 Å². The highest BCUT2D eigenvalue weighted by molar-refractivity contribution is 7.26. The molecule has 7 aromatic carbocycles. The maximum atomic E-state index is 9.24. The summed E-state index contributed by atoms with van der Waals surface area (Å²) in [7, 11) is 0. The van der Waals surface area contributed by atoms with Gasteiger partial charge in [0.1, 0.15) is 0 Å². The number of nitrogens with zero attached hydrogens (tertiary/aromatic N) is 4. The molecular formula is C45H28N4S. The summed E-state index contributed by atoms with van der Waals surface area (Å²) in [4.78, 5) is 15.0. The van der Waals surface area contributed by atoms with Gasteiger partial charge >= 0.3 is 0 Å². The van der Waals surface area contributed by atoms with Crippen molar-refractivity contribution in [2.45, 2.75) is 0 Å². The lowest BCUT2D eigenvalue weighted by Crippen LogP contribution is -2.04. The van der Waals surface area contributed by atoms with E-state index in [1.165, 1.54) is 22.2 Å². The highest BCUT2D eigenvalue weighted by atomic mass is 32.1. The van der Waals surface area contributed by atoms with Crippen molar-refractivity contribution < 1.29 is 8.22 Å². The number of benzene rings is 7. The molecule has 5 heteroatoms. The fourth-order valence-electron chi connectivity index (χ4n) is 6.73. The van der Waals surface area contributed by atoms with Crippen LogP contribution in [0.2, 0.25) is 0 Å². The SMILES string of the molecule is [2H]c1cc([2H])c2c(c1[2H])c1c([2H])c([2H])cc([2H])c1n2-c1cc(-c2cccc3c2sc2ccccc23)ccc1-c1nc(-c2ccccc2)nc(-c2ccccc2)n1. The van der Waals surface area contributed by atoms with Crippen molar-refractivity contribution in [2.75, 3.05) is 0 Å². The zero-order chi connectivity index (χ0) is 38.2. The highest BCUT2D eigenvalue weighted by Gasteiger charge is 2.21. The molecule has 0 aliphatic rings. The molecule has 4 nitrogen and oxygen atoms in total. The van der Waals surface area contributed by atoms with Crippen LogP contribution in [0.5, 0.6) is 0 Å². The second kappa shape index (κ2) is 11.6. The van der Waals surface area contributed by atoms with Gasteiger partial charge in [0.2, 0.25) is 0 Å². The Morgan fingerprint density at radius 1 is 0.460 bits per heavy atom. The molecule has 0 N–H and O–H groups in total. The van der Waals surface area contributed by atoms with Crippen molar-refractivity contribution in [2.24, 2.45) is 0 Å². The Hall–Kier alpha value is -6.43. The molecule has 0 aliphatic heterocycles. The Labute approximate surface area is 301 Å². The van der Waals surface area contributed by atoms with Gasteiger partial charge in [0.25, 0.3) is 0 Å². The van der Waals surface area contributed by atoms with Crippen LogP contribution >= 0.6 is 11.3 Å². The van der Waals surface area contributed by atoms with Gasteiger partial charge in [-0.1, -0.05) is 139 Å². The monoisotopic (exact) mass is 662 g/mol. The largest absolute Gasteiger partial charge is 0.308 e. The Morgan fingerprint density at radius 3 is 1.74 bits per heavy atom. The number of hydrogen-bond acceptors (Lipinski definition) is 4. The maximum absolute atomic E-state index is 9.24. The quantitative estimate of drug-likeness (QED) is 0.184. The Balaban J connectivity index is 1.35. The van der Waals surface area contributed by atoms with E-state index in [-0.39, 0.29) is 58.1 Å². The zero-order valence-electron chi connectivity index (χ0n) is 32.4. The van der Waals surface area contributed by atoms with E-state index in [9.17, 15) is 2.74 Å². The molecule has 0 aliphatic carbocycles. The van der Waals surface area contributed by atoms with Crippen LogP contribution in [0.4, 0.5) is 0 Å². The van der Waals surface area contributed by atoms with E-state index in [2.05, 4.69) is 24.3 Å². The molecular weight excluding hydrogens is 629 g/mol. The molecule has 0 radical (unpaired) electrons. The summed E-state index contributed by atoms with van der Waals surface area (Å²) in [5.74, 6) is 1.27. The van der Waals surface area contributed by atoms with Gasteiger partial charge in [0.15, 0.2) is 17.5 Å². The smallest absolute Gasteiger partial charge is 0.166 e. The first-order valence-electron chi connectivity index (χ1n) is 19.2. The topological polar surface area (TPSA) is 43.6 Å².